The minimum absolute atomic E-state index is 0.261. The largest absolute Gasteiger partial charge is 0.379 e. The number of hydrogen-bond acceptors (Lipinski definition) is 5. The fraction of sp³-hybridized carbons (Fsp3) is 0.609. The van der Waals surface area contributed by atoms with Crippen LogP contribution in [0.3, 0.4) is 0 Å². The molecule has 4 rings (SSSR count). The molecule has 2 N–H and O–H groups in total. The van der Waals surface area contributed by atoms with Gasteiger partial charge in [-0.15, -0.1) is 0 Å². The lowest BCUT2D eigenvalue weighted by molar-refractivity contribution is -0.135. The lowest BCUT2D eigenvalue weighted by atomic mass is 9.75. The Kier molecular flexibility index (Phi) is 6.57. The normalized spacial score (nSPS) is 26.9. The van der Waals surface area contributed by atoms with Gasteiger partial charge in [0.2, 0.25) is 5.91 Å². The van der Waals surface area contributed by atoms with Crippen molar-refractivity contribution in [2.75, 3.05) is 38.2 Å². The first kappa shape index (κ1) is 21.8. The van der Waals surface area contributed by atoms with Crippen molar-refractivity contribution in [2.24, 2.45) is 5.92 Å². The molecule has 1 spiro atoms. The van der Waals surface area contributed by atoms with Crippen molar-refractivity contribution in [3.8, 4) is 0 Å². The number of anilines is 1. The molecule has 0 bridgehead atoms. The Morgan fingerprint density at radius 1 is 1.16 bits per heavy atom. The Labute approximate surface area is 183 Å². The van der Waals surface area contributed by atoms with Gasteiger partial charge in [0, 0.05) is 25.3 Å². The highest BCUT2D eigenvalue weighted by atomic mass is 16.5. The summed E-state index contributed by atoms with van der Waals surface area (Å²) in [6.07, 6.45) is 4.26. The van der Waals surface area contributed by atoms with Crippen molar-refractivity contribution < 1.29 is 19.1 Å². The zero-order chi connectivity index (χ0) is 21.8. The van der Waals surface area contributed by atoms with E-state index >= 15 is 0 Å². The third-order valence-corrected chi connectivity index (χ3v) is 6.83. The summed E-state index contributed by atoms with van der Waals surface area (Å²) >= 11 is 0. The summed E-state index contributed by atoms with van der Waals surface area (Å²) in [4.78, 5) is 41.3. The average molecular weight is 429 g/mol. The molecule has 1 aromatic rings. The number of benzene rings is 1. The second-order valence-electron chi connectivity index (χ2n) is 8.89. The number of rotatable bonds is 6. The van der Waals surface area contributed by atoms with Gasteiger partial charge in [0.15, 0.2) is 0 Å². The smallest absolute Gasteiger partial charge is 0.325 e. The molecule has 2 aliphatic heterocycles. The second kappa shape index (κ2) is 9.36. The van der Waals surface area contributed by atoms with E-state index in [1.807, 2.05) is 24.3 Å². The van der Waals surface area contributed by atoms with E-state index in [0.29, 0.717) is 24.4 Å². The maximum atomic E-state index is 13.0. The van der Waals surface area contributed by atoms with Gasteiger partial charge in [-0.05, 0) is 49.3 Å². The Balaban J connectivity index is 1.30. The molecule has 1 aromatic carbocycles. The molecule has 8 nitrogen and oxygen atoms in total. The van der Waals surface area contributed by atoms with Crippen LogP contribution in [0, 0.1) is 5.92 Å². The van der Waals surface area contributed by atoms with Gasteiger partial charge < -0.3 is 15.4 Å². The highest BCUT2D eigenvalue weighted by Gasteiger charge is 2.52. The van der Waals surface area contributed by atoms with Crippen LogP contribution in [0.5, 0.6) is 0 Å². The molecule has 2 saturated heterocycles. The standard InChI is InChI=1S/C23H32N4O4/c1-2-17-7-9-23(10-8-17)21(29)27(22(30)25-23)16-20(28)24-19-5-3-18(4-6-19)15-26-11-13-31-14-12-26/h3-6,17H,2,7-16H2,1H3,(H,24,28)(H,25,30). The number of amides is 4. The highest BCUT2D eigenvalue weighted by molar-refractivity contribution is 6.10. The monoisotopic (exact) mass is 428 g/mol. The summed E-state index contributed by atoms with van der Waals surface area (Å²) in [5.74, 6) is -0.0225. The van der Waals surface area contributed by atoms with E-state index in [2.05, 4.69) is 22.5 Å². The van der Waals surface area contributed by atoms with E-state index in [0.717, 1.165) is 57.0 Å². The molecule has 8 heteroatoms. The van der Waals surface area contributed by atoms with Gasteiger partial charge in [-0.25, -0.2) is 4.79 Å². The molecule has 1 aliphatic carbocycles. The summed E-state index contributed by atoms with van der Waals surface area (Å²) in [5.41, 5.74) is 1.00. The van der Waals surface area contributed by atoms with Crippen molar-refractivity contribution in [1.82, 2.24) is 15.1 Å². The number of nitrogens with zero attached hydrogens (tertiary/aromatic N) is 2. The molecule has 0 aromatic heterocycles. The van der Waals surface area contributed by atoms with Crippen LogP contribution in [-0.4, -0.2) is 66.0 Å². The third kappa shape index (κ3) is 4.91. The molecule has 0 radical (unpaired) electrons. The van der Waals surface area contributed by atoms with Crippen molar-refractivity contribution in [1.29, 1.82) is 0 Å². The van der Waals surface area contributed by atoms with E-state index in [-0.39, 0.29) is 18.4 Å². The number of hydrogen-bond donors (Lipinski definition) is 2. The van der Waals surface area contributed by atoms with E-state index in [1.165, 1.54) is 5.56 Å². The number of imide groups is 1. The SMILES string of the molecule is CCC1CCC2(CC1)NC(=O)N(CC(=O)Nc1ccc(CN3CCOCC3)cc1)C2=O. The van der Waals surface area contributed by atoms with Crippen molar-refractivity contribution in [3.63, 3.8) is 0 Å². The van der Waals surface area contributed by atoms with Crippen LogP contribution in [0.25, 0.3) is 0 Å². The molecule has 0 unspecified atom stereocenters. The number of carbonyl (C=O) groups is 3. The van der Waals surface area contributed by atoms with Gasteiger partial charge in [-0.2, -0.15) is 0 Å². The van der Waals surface area contributed by atoms with E-state index < -0.39 is 11.6 Å². The van der Waals surface area contributed by atoms with Crippen LogP contribution in [0.4, 0.5) is 10.5 Å². The zero-order valence-electron chi connectivity index (χ0n) is 18.2. The van der Waals surface area contributed by atoms with E-state index in [4.69, 9.17) is 4.74 Å². The van der Waals surface area contributed by atoms with E-state index in [1.54, 1.807) is 0 Å². The minimum Gasteiger partial charge on any atom is -0.379 e. The molecule has 3 fully saturated rings. The summed E-state index contributed by atoms with van der Waals surface area (Å²) in [5, 5.41) is 5.67. The molecule has 3 aliphatic rings. The molecule has 1 saturated carbocycles. The van der Waals surface area contributed by atoms with Gasteiger partial charge in [0.05, 0.1) is 13.2 Å². The molecular formula is C23H32N4O4. The lowest BCUT2D eigenvalue weighted by Crippen LogP contribution is -2.49. The first-order chi connectivity index (χ1) is 15.0. The fourth-order valence-corrected chi connectivity index (χ4v) is 4.79. The summed E-state index contributed by atoms with van der Waals surface area (Å²) in [6, 6.07) is 7.22. The number of nitrogens with one attached hydrogen (secondary N) is 2. The summed E-state index contributed by atoms with van der Waals surface area (Å²) in [6.45, 7) is 6.11. The van der Waals surface area contributed by atoms with Gasteiger partial charge in [0.1, 0.15) is 12.1 Å². The van der Waals surface area contributed by atoms with E-state index in [9.17, 15) is 14.4 Å². The Bertz CT molecular complexity index is 811. The molecule has 2 heterocycles. The summed E-state index contributed by atoms with van der Waals surface area (Å²) < 4.78 is 5.37. The minimum atomic E-state index is -0.815. The first-order valence-corrected chi connectivity index (χ1v) is 11.3. The third-order valence-electron chi connectivity index (χ3n) is 6.83. The maximum absolute atomic E-state index is 13.0. The molecular weight excluding hydrogens is 396 g/mol. The fourth-order valence-electron chi connectivity index (χ4n) is 4.79. The predicted octanol–water partition coefficient (Wildman–Crippen LogP) is 2.35. The molecule has 31 heavy (non-hydrogen) atoms. The van der Waals surface area contributed by atoms with Crippen molar-refractivity contribution in [2.45, 2.75) is 51.1 Å². The topological polar surface area (TPSA) is 91.0 Å². The zero-order valence-corrected chi connectivity index (χ0v) is 18.2. The predicted molar refractivity (Wildman–Crippen MR) is 116 cm³/mol. The van der Waals surface area contributed by atoms with Crippen LogP contribution in [-0.2, 0) is 20.9 Å². The Hall–Kier alpha value is -2.45. The average Bonchev–Trinajstić information content (AvgIpc) is 3.00. The summed E-state index contributed by atoms with van der Waals surface area (Å²) in [7, 11) is 0. The Morgan fingerprint density at radius 2 is 1.84 bits per heavy atom. The van der Waals surface area contributed by atoms with Crippen LogP contribution in [0.1, 0.15) is 44.6 Å². The van der Waals surface area contributed by atoms with Gasteiger partial charge >= 0.3 is 6.03 Å². The highest BCUT2D eigenvalue weighted by Crippen LogP contribution is 2.37. The molecule has 168 valence electrons. The molecule has 0 atom stereocenters. The lowest BCUT2D eigenvalue weighted by Gasteiger charge is -2.34. The number of carbonyl (C=O) groups excluding carboxylic acids is 3. The Morgan fingerprint density at radius 3 is 2.48 bits per heavy atom. The van der Waals surface area contributed by atoms with Crippen LogP contribution >= 0.6 is 0 Å². The number of ether oxygens (including phenoxy) is 1. The number of urea groups is 1. The van der Waals surface area contributed by atoms with Crippen LogP contribution in [0.15, 0.2) is 24.3 Å². The van der Waals surface area contributed by atoms with Crippen molar-refractivity contribution in [3.05, 3.63) is 29.8 Å². The van der Waals surface area contributed by atoms with Crippen LogP contribution in [0.2, 0.25) is 0 Å². The first-order valence-electron chi connectivity index (χ1n) is 11.3. The number of morpholine rings is 1. The molecule has 4 amide bonds. The van der Waals surface area contributed by atoms with Crippen LogP contribution < -0.4 is 10.6 Å². The maximum Gasteiger partial charge on any atom is 0.325 e. The van der Waals surface area contributed by atoms with Crippen molar-refractivity contribution >= 4 is 23.5 Å². The second-order valence-corrected chi connectivity index (χ2v) is 8.89. The quantitative estimate of drug-likeness (QED) is 0.679. The van der Waals surface area contributed by atoms with Gasteiger partial charge in [-0.3, -0.25) is 19.4 Å². The van der Waals surface area contributed by atoms with Gasteiger partial charge in [0.25, 0.3) is 5.91 Å². The van der Waals surface area contributed by atoms with Gasteiger partial charge in [-0.1, -0.05) is 25.5 Å².